The first-order valence-electron chi connectivity index (χ1n) is 9.29. The van der Waals surface area contributed by atoms with Gasteiger partial charge in [0.15, 0.2) is 5.82 Å². The van der Waals surface area contributed by atoms with Gasteiger partial charge in [0.25, 0.3) is 5.91 Å². The van der Waals surface area contributed by atoms with Gasteiger partial charge in [0.1, 0.15) is 0 Å². The van der Waals surface area contributed by atoms with E-state index < -0.39 is 0 Å². The Kier molecular flexibility index (Phi) is 5.41. The molecule has 0 N–H and O–H groups in total. The summed E-state index contributed by atoms with van der Waals surface area (Å²) in [6.45, 7) is 11.5. The largest absolute Gasteiger partial charge is 0.338 e. The molecule has 1 fully saturated rings. The lowest BCUT2D eigenvalue weighted by Gasteiger charge is -2.25. The van der Waals surface area contributed by atoms with Gasteiger partial charge in [0.2, 0.25) is 5.89 Å². The average molecular weight is 356 g/mol. The van der Waals surface area contributed by atoms with Crippen molar-refractivity contribution in [1.82, 2.24) is 19.9 Å². The van der Waals surface area contributed by atoms with E-state index in [9.17, 15) is 4.79 Å². The summed E-state index contributed by atoms with van der Waals surface area (Å²) < 4.78 is 5.51. The molecule has 26 heavy (non-hydrogen) atoms. The number of hydrogen-bond acceptors (Lipinski definition) is 5. The molecular weight excluding hydrogens is 328 g/mol. The van der Waals surface area contributed by atoms with Crippen molar-refractivity contribution < 1.29 is 9.32 Å². The predicted octanol–water partition coefficient (Wildman–Crippen LogP) is 3.28. The van der Waals surface area contributed by atoms with Crippen molar-refractivity contribution in [2.45, 2.75) is 45.6 Å². The molecule has 0 radical (unpaired) electrons. The second-order valence-corrected chi connectivity index (χ2v) is 7.93. The predicted molar refractivity (Wildman–Crippen MR) is 99.9 cm³/mol. The Hall–Kier alpha value is -2.21. The van der Waals surface area contributed by atoms with Crippen LogP contribution in [0.1, 0.15) is 62.2 Å². The molecule has 1 amide bonds. The van der Waals surface area contributed by atoms with Crippen molar-refractivity contribution >= 4 is 5.91 Å². The normalized spacial score (nSPS) is 17.8. The van der Waals surface area contributed by atoms with E-state index in [1.54, 1.807) is 0 Å². The highest BCUT2D eigenvalue weighted by Crippen LogP contribution is 2.24. The minimum atomic E-state index is -0.126. The summed E-state index contributed by atoms with van der Waals surface area (Å²) in [5, 5.41) is 4.13. The Morgan fingerprint density at radius 3 is 2.50 bits per heavy atom. The molecule has 6 nitrogen and oxygen atoms in total. The van der Waals surface area contributed by atoms with Gasteiger partial charge in [0.05, 0.1) is 6.04 Å². The molecular formula is C20H28N4O2. The first-order valence-corrected chi connectivity index (χ1v) is 9.29. The second-order valence-electron chi connectivity index (χ2n) is 7.93. The highest BCUT2D eigenvalue weighted by molar-refractivity contribution is 5.94. The third-order valence-electron chi connectivity index (χ3n) is 4.86. The molecule has 6 heteroatoms. The number of hydrogen-bond donors (Lipinski definition) is 0. The monoisotopic (exact) mass is 356 g/mol. The van der Waals surface area contributed by atoms with Gasteiger partial charge < -0.3 is 9.42 Å². The fraction of sp³-hybridized carbons (Fsp3) is 0.550. The number of amides is 1. The van der Waals surface area contributed by atoms with Crippen molar-refractivity contribution in [1.29, 1.82) is 0 Å². The Balaban J connectivity index is 1.65. The summed E-state index contributed by atoms with van der Waals surface area (Å²) in [7, 11) is 0. The molecule has 140 valence electrons. The van der Waals surface area contributed by atoms with Crippen molar-refractivity contribution in [2.24, 2.45) is 0 Å². The van der Waals surface area contributed by atoms with Gasteiger partial charge in [-0.2, -0.15) is 4.98 Å². The van der Waals surface area contributed by atoms with Crippen molar-refractivity contribution in [3.05, 3.63) is 47.6 Å². The van der Waals surface area contributed by atoms with Crippen LogP contribution in [-0.4, -0.2) is 52.0 Å². The van der Waals surface area contributed by atoms with Crippen molar-refractivity contribution in [2.75, 3.05) is 26.2 Å². The highest BCUT2D eigenvalue weighted by Gasteiger charge is 2.28. The van der Waals surface area contributed by atoms with E-state index >= 15 is 0 Å². The Morgan fingerprint density at radius 2 is 1.85 bits per heavy atom. The highest BCUT2D eigenvalue weighted by atomic mass is 16.5. The first-order chi connectivity index (χ1) is 12.4. The number of benzene rings is 1. The minimum Gasteiger partial charge on any atom is -0.338 e. The minimum absolute atomic E-state index is 0.0466. The van der Waals surface area contributed by atoms with Crippen molar-refractivity contribution in [3.63, 3.8) is 0 Å². The number of carbonyl (C=O) groups excluding carboxylic acids is 1. The smallest absolute Gasteiger partial charge is 0.253 e. The zero-order valence-corrected chi connectivity index (χ0v) is 16.1. The Bertz CT molecular complexity index is 736. The molecule has 1 aromatic heterocycles. The van der Waals surface area contributed by atoms with E-state index in [1.807, 2.05) is 35.2 Å². The summed E-state index contributed by atoms with van der Waals surface area (Å²) >= 11 is 0. The van der Waals surface area contributed by atoms with Crippen LogP contribution in [0.4, 0.5) is 0 Å². The summed E-state index contributed by atoms with van der Waals surface area (Å²) in [5.41, 5.74) is 0.625. The number of carbonyl (C=O) groups is 1. The fourth-order valence-corrected chi connectivity index (χ4v) is 3.16. The molecule has 0 bridgehead atoms. The Labute approximate surface area is 155 Å². The molecule has 3 rings (SSSR count). The summed E-state index contributed by atoms with van der Waals surface area (Å²) in [6.07, 6.45) is 0.934. The lowest BCUT2D eigenvalue weighted by molar-refractivity contribution is 0.0757. The van der Waals surface area contributed by atoms with E-state index in [2.05, 4.69) is 42.7 Å². The lowest BCUT2D eigenvalue weighted by Crippen LogP contribution is -2.36. The van der Waals surface area contributed by atoms with Crippen LogP contribution in [0, 0.1) is 0 Å². The van der Waals surface area contributed by atoms with Crippen molar-refractivity contribution in [3.8, 4) is 0 Å². The number of rotatable bonds is 3. The van der Waals surface area contributed by atoms with Crippen LogP contribution in [0.25, 0.3) is 0 Å². The molecule has 1 aliphatic rings. The maximum Gasteiger partial charge on any atom is 0.253 e. The average Bonchev–Trinajstić information content (AvgIpc) is 3.01. The summed E-state index contributed by atoms with van der Waals surface area (Å²) in [6, 6.07) is 9.54. The van der Waals surface area contributed by atoms with Crippen LogP contribution in [0.15, 0.2) is 34.9 Å². The van der Waals surface area contributed by atoms with Gasteiger partial charge in [-0.3, -0.25) is 9.69 Å². The van der Waals surface area contributed by atoms with Crippen LogP contribution in [-0.2, 0) is 5.41 Å². The summed E-state index contributed by atoms with van der Waals surface area (Å²) in [4.78, 5) is 21.5. The molecule has 0 aliphatic carbocycles. The maximum absolute atomic E-state index is 12.7. The molecule has 0 saturated carbocycles. The SMILES string of the molecule is CC(c1nc(C(C)(C)C)no1)N1CCCN(C(=O)c2ccccc2)CC1. The second kappa shape index (κ2) is 7.58. The summed E-state index contributed by atoms with van der Waals surface area (Å²) in [5.74, 6) is 1.49. The van der Waals surface area contributed by atoms with Crippen LogP contribution in [0.5, 0.6) is 0 Å². The first kappa shape index (κ1) is 18.6. The van der Waals surface area contributed by atoms with E-state index in [0.717, 1.165) is 37.4 Å². The molecule has 1 unspecified atom stereocenters. The maximum atomic E-state index is 12.7. The van der Waals surface area contributed by atoms with Gasteiger partial charge in [-0.1, -0.05) is 44.1 Å². The molecule has 2 aromatic rings. The molecule has 1 aromatic carbocycles. The van der Waals surface area contributed by atoms with E-state index in [1.165, 1.54) is 0 Å². The molecule has 1 aliphatic heterocycles. The quantitative estimate of drug-likeness (QED) is 0.844. The van der Waals surface area contributed by atoms with Crippen LogP contribution in [0.3, 0.4) is 0 Å². The van der Waals surface area contributed by atoms with E-state index in [0.29, 0.717) is 12.4 Å². The molecule has 0 spiro atoms. The van der Waals surface area contributed by atoms with Gasteiger partial charge >= 0.3 is 0 Å². The van der Waals surface area contributed by atoms with Gasteiger partial charge in [-0.15, -0.1) is 0 Å². The number of aromatic nitrogens is 2. The zero-order valence-electron chi connectivity index (χ0n) is 16.1. The number of nitrogens with zero attached hydrogens (tertiary/aromatic N) is 4. The van der Waals surface area contributed by atoms with E-state index in [-0.39, 0.29) is 17.4 Å². The van der Waals surface area contributed by atoms with Gasteiger partial charge in [-0.25, -0.2) is 0 Å². The van der Waals surface area contributed by atoms with E-state index in [4.69, 9.17) is 4.52 Å². The van der Waals surface area contributed by atoms with Gasteiger partial charge in [-0.05, 0) is 25.5 Å². The zero-order chi connectivity index (χ0) is 18.7. The molecule has 1 atom stereocenters. The third-order valence-corrected chi connectivity index (χ3v) is 4.86. The van der Waals surface area contributed by atoms with Crippen LogP contribution < -0.4 is 0 Å². The standard InChI is InChI=1S/C20H28N4O2/c1-15(17-21-19(22-26-17)20(2,3)4)23-11-8-12-24(14-13-23)18(25)16-9-6-5-7-10-16/h5-7,9-10,15H,8,11-14H2,1-4H3. The van der Waals surface area contributed by atoms with Crippen LogP contribution in [0.2, 0.25) is 0 Å². The lowest BCUT2D eigenvalue weighted by atomic mass is 9.96. The molecule has 2 heterocycles. The van der Waals surface area contributed by atoms with Gasteiger partial charge in [0, 0.05) is 37.2 Å². The third kappa shape index (κ3) is 4.12. The topological polar surface area (TPSA) is 62.5 Å². The molecule has 1 saturated heterocycles. The fourth-order valence-electron chi connectivity index (χ4n) is 3.16. The Morgan fingerprint density at radius 1 is 1.12 bits per heavy atom. The van der Waals surface area contributed by atoms with Crippen LogP contribution >= 0.6 is 0 Å².